The highest BCUT2D eigenvalue weighted by Crippen LogP contribution is 2.22. The van der Waals surface area contributed by atoms with Gasteiger partial charge in [-0.1, -0.05) is 13.8 Å². The molecular weight excluding hydrogens is 174 g/mol. The van der Waals surface area contributed by atoms with E-state index in [9.17, 15) is 0 Å². The maximum absolute atomic E-state index is 5.77. The zero-order valence-electron chi connectivity index (χ0n) is 10.0. The van der Waals surface area contributed by atoms with Gasteiger partial charge in [0.1, 0.15) is 0 Å². The van der Waals surface area contributed by atoms with Gasteiger partial charge < -0.3 is 10.6 Å². The van der Waals surface area contributed by atoms with E-state index in [1.54, 1.807) is 0 Å². The van der Waals surface area contributed by atoms with Crippen LogP contribution < -0.4 is 5.73 Å². The molecule has 1 aliphatic heterocycles. The Morgan fingerprint density at radius 3 is 2.43 bits per heavy atom. The second kappa shape index (κ2) is 5.10. The van der Waals surface area contributed by atoms with Crippen LogP contribution in [0, 0.1) is 5.92 Å². The van der Waals surface area contributed by atoms with E-state index < -0.39 is 0 Å². The van der Waals surface area contributed by atoms with Crippen molar-refractivity contribution in [1.29, 1.82) is 0 Å². The quantitative estimate of drug-likeness (QED) is 0.720. The Morgan fingerprint density at radius 1 is 1.43 bits per heavy atom. The molecule has 0 aromatic rings. The zero-order chi connectivity index (χ0) is 10.7. The Morgan fingerprint density at radius 2 is 2.07 bits per heavy atom. The summed E-state index contributed by atoms with van der Waals surface area (Å²) in [7, 11) is 4.35. The lowest BCUT2D eigenvalue weighted by atomic mass is 10.1. The molecule has 3 atom stereocenters. The molecule has 1 saturated heterocycles. The van der Waals surface area contributed by atoms with Gasteiger partial charge in [0.15, 0.2) is 0 Å². The topological polar surface area (TPSA) is 32.5 Å². The molecule has 0 saturated carbocycles. The third-order valence-electron chi connectivity index (χ3n) is 3.52. The summed E-state index contributed by atoms with van der Waals surface area (Å²) in [4.78, 5) is 4.89. The number of hydrogen-bond acceptors (Lipinski definition) is 3. The van der Waals surface area contributed by atoms with Crippen LogP contribution in [0.25, 0.3) is 0 Å². The largest absolute Gasteiger partial charge is 0.329 e. The van der Waals surface area contributed by atoms with Crippen molar-refractivity contribution < 1.29 is 0 Å². The number of rotatable bonds is 4. The minimum Gasteiger partial charge on any atom is -0.329 e. The third-order valence-corrected chi connectivity index (χ3v) is 3.52. The van der Waals surface area contributed by atoms with Crippen LogP contribution in [0.2, 0.25) is 0 Å². The molecule has 14 heavy (non-hydrogen) atoms. The average Bonchev–Trinajstić information content (AvgIpc) is 2.50. The Hall–Kier alpha value is -0.120. The van der Waals surface area contributed by atoms with Crippen molar-refractivity contribution in [2.24, 2.45) is 11.7 Å². The monoisotopic (exact) mass is 199 g/mol. The summed E-state index contributed by atoms with van der Waals surface area (Å²) >= 11 is 0. The molecule has 2 N–H and O–H groups in total. The number of nitrogens with zero attached hydrogens (tertiary/aromatic N) is 2. The standard InChI is InChI=1S/C11H25N3/c1-5-10(6-12)14-7-9(2)11(8-14)13(3)4/h9-11H,5-8,12H2,1-4H3. The third kappa shape index (κ3) is 2.47. The molecule has 1 rings (SSSR count). The van der Waals surface area contributed by atoms with Crippen LogP contribution >= 0.6 is 0 Å². The van der Waals surface area contributed by atoms with Crippen LogP contribution in [0.5, 0.6) is 0 Å². The van der Waals surface area contributed by atoms with Gasteiger partial charge in [0.05, 0.1) is 0 Å². The molecule has 3 unspecified atom stereocenters. The minimum absolute atomic E-state index is 0.586. The van der Waals surface area contributed by atoms with Gasteiger partial charge in [0.25, 0.3) is 0 Å². The summed E-state index contributed by atoms with van der Waals surface area (Å²) in [5, 5.41) is 0. The van der Waals surface area contributed by atoms with Crippen molar-refractivity contribution >= 4 is 0 Å². The van der Waals surface area contributed by atoms with Gasteiger partial charge in [-0.15, -0.1) is 0 Å². The Kier molecular flexibility index (Phi) is 4.35. The van der Waals surface area contributed by atoms with Crippen molar-refractivity contribution in [2.75, 3.05) is 33.7 Å². The molecule has 1 aliphatic rings. The highest BCUT2D eigenvalue weighted by Gasteiger charge is 2.33. The normalized spacial score (nSPS) is 31.3. The average molecular weight is 199 g/mol. The summed E-state index contributed by atoms with van der Waals surface area (Å²) in [6.45, 7) is 7.75. The van der Waals surface area contributed by atoms with Crippen molar-refractivity contribution in [1.82, 2.24) is 9.80 Å². The first-order valence-electron chi connectivity index (χ1n) is 5.70. The highest BCUT2D eigenvalue weighted by molar-refractivity contribution is 4.89. The van der Waals surface area contributed by atoms with Crippen LogP contribution in [0.4, 0.5) is 0 Å². The summed E-state index contributed by atoms with van der Waals surface area (Å²) in [6.07, 6.45) is 1.17. The van der Waals surface area contributed by atoms with Crippen LogP contribution in [0.1, 0.15) is 20.3 Å². The van der Waals surface area contributed by atoms with Crippen molar-refractivity contribution in [3.8, 4) is 0 Å². The lowest BCUT2D eigenvalue weighted by molar-refractivity contribution is 0.214. The number of likely N-dealkylation sites (N-methyl/N-ethyl adjacent to an activating group) is 1. The van der Waals surface area contributed by atoms with E-state index >= 15 is 0 Å². The van der Waals surface area contributed by atoms with E-state index in [0.717, 1.165) is 12.5 Å². The van der Waals surface area contributed by atoms with Gasteiger partial charge in [0.2, 0.25) is 0 Å². The lowest BCUT2D eigenvalue weighted by Gasteiger charge is -2.26. The lowest BCUT2D eigenvalue weighted by Crippen LogP contribution is -2.40. The van der Waals surface area contributed by atoms with E-state index in [-0.39, 0.29) is 0 Å². The fraction of sp³-hybridized carbons (Fsp3) is 1.00. The maximum Gasteiger partial charge on any atom is 0.0254 e. The molecule has 0 aromatic heterocycles. The van der Waals surface area contributed by atoms with Crippen LogP contribution in [-0.2, 0) is 0 Å². The molecule has 3 heteroatoms. The van der Waals surface area contributed by atoms with E-state index in [1.165, 1.54) is 19.5 Å². The number of hydrogen-bond donors (Lipinski definition) is 1. The molecular formula is C11H25N3. The maximum atomic E-state index is 5.77. The first-order valence-corrected chi connectivity index (χ1v) is 5.70. The first kappa shape index (κ1) is 12.0. The van der Waals surface area contributed by atoms with Gasteiger partial charge >= 0.3 is 0 Å². The molecule has 84 valence electrons. The van der Waals surface area contributed by atoms with E-state index in [0.29, 0.717) is 12.1 Å². The Balaban J connectivity index is 2.53. The Bertz CT molecular complexity index is 166. The van der Waals surface area contributed by atoms with Gasteiger partial charge in [-0.2, -0.15) is 0 Å². The molecule has 0 radical (unpaired) electrons. The zero-order valence-corrected chi connectivity index (χ0v) is 10.0. The summed E-state index contributed by atoms with van der Waals surface area (Å²) < 4.78 is 0. The summed E-state index contributed by atoms with van der Waals surface area (Å²) in [5.41, 5.74) is 5.77. The van der Waals surface area contributed by atoms with Crippen LogP contribution in [0.3, 0.4) is 0 Å². The predicted octanol–water partition coefficient (Wildman–Crippen LogP) is 0.606. The minimum atomic E-state index is 0.586. The van der Waals surface area contributed by atoms with E-state index in [2.05, 4.69) is 37.7 Å². The summed E-state index contributed by atoms with van der Waals surface area (Å²) in [6, 6.07) is 1.29. The fourth-order valence-corrected chi connectivity index (χ4v) is 2.53. The molecule has 1 heterocycles. The fourth-order valence-electron chi connectivity index (χ4n) is 2.53. The van der Waals surface area contributed by atoms with Gasteiger partial charge in [0, 0.05) is 31.7 Å². The predicted molar refractivity (Wildman–Crippen MR) is 61.3 cm³/mol. The summed E-state index contributed by atoms with van der Waals surface area (Å²) in [5.74, 6) is 0.769. The smallest absolute Gasteiger partial charge is 0.0254 e. The van der Waals surface area contributed by atoms with E-state index in [1.807, 2.05) is 0 Å². The SMILES string of the molecule is CCC(CN)N1CC(C)C(N(C)C)C1. The first-order chi connectivity index (χ1) is 6.60. The molecule has 3 nitrogen and oxygen atoms in total. The Labute approximate surface area is 88.2 Å². The van der Waals surface area contributed by atoms with Gasteiger partial charge in [-0.05, 0) is 26.4 Å². The molecule has 0 bridgehead atoms. The van der Waals surface area contributed by atoms with Gasteiger partial charge in [-0.25, -0.2) is 0 Å². The van der Waals surface area contributed by atoms with Crippen molar-refractivity contribution in [3.05, 3.63) is 0 Å². The molecule has 0 amide bonds. The number of nitrogens with two attached hydrogens (primary N) is 1. The number of likely N-dealkylation sites (tertiary alicyclic amines) is 1. The van der Waals surface area contributed by atoms with Crippen LogP contribution in [0.15, 0.2) is 0 Å². The van der Waals surface area contributed by atoms with Gasteiger partial charge in [-0.3, -0.25) is 4.90 Å². The molecule has 0 aliphatic carbocycles. The second-order valence-corrected chi connectivity index (χ2v) is 4.76. The highest BCUT2D eigenvalue weighted by atomic mass is 15.3. The molecule has 0 spiro atoms. The molecule has 0 aromatic carbocycles. The molecule has 1 fully saturated rings. The van der Waals surface area contributed by atoms with Crippen LogP contribution in [-0.4, -0.2) is 55.6 Å². The second-order valence-electron chi connectivity index (χ2n) is 4.76. The van der Waals surface area contributed by atoms with E-state index in [4.69, 9.17) is 5.73 Å². The van der Waals surface area contributed by atoms with Crippen molar-refractivity contribution in [3.63, 3.8) is 0 Å². The van der Waals surface area contributed by atoms with Crippen molar-refractivity contribution in [2.45, 2.75) is 32.4 Å².